The van der Waals surface area contributed by atoms with Crippen LogP contribution in [0.25, 0.3) is 0 Å². The third-order valence-electron chi connectivity index (χ3n) is 4.10. The topological polar surface area (TPSA) is 79.5 Å². The van der Waals surface area contributed by atoms with Gasteiger partial charge in [-0.25, -0.2) is 4.79 Å². The standard InChI is InChI=1S/C22H29N3O3/c1-16-6-5-7-18(14-16)25-21(27)24-15-20(26)23-12-13-28-19-10-8-17(9-11-19)22(2,3)4/h5-11,14H,12-13,15H2,1-4H3,(H,23,26)(H2,24,25,27). The molecule has 0 atom stereocenters. The first-order valence-corrected chi connectivity index (χ1v) is 9.35. The molecule has 2 aromatic rings. The second kappa shape index (κ2) is 9.78. The van der Waals surface area contributed by atoms with Crippen molar-refractivity contribution in [1.82, 2.24) is 10.6 Å². The highest BCUT2D eigenvalue weighted by molar-refractivity contribution is 5.92. The van der Waals surface area contributed by atoms with Crippen molar-refractivity contribution in [2.24, 2.45) is 0 Å². The molecule has 150 valence electrons. The molecule has 0 aromatic heterocycles. The molecule has 0 aliphatic rings. The highest BCUT2D eigenvalue weighted by Crippen LogP contribution is 2.24. The van der Waals surface area contributed by atoms with E-state index in [9.17, 15) is 9.59 Å². The number of rotatable bonds is 7. The molecule has 0 unspecified atom stereocenters. The SMILES string of the molecule is Cc1cccc(NC(=O)NCC(=O)NCCOc2ccc(C(C)(C)C)cc2)c1. The molecule has 0 saturated heterocycles. The van der Waals surface area contributed by atoms with Gasteiger partial charge in [-0.1, -0.05) is 45.0 Å². The summed E-state index contributed by atoms with van der Waals surface area (Å²) in [7, 11) is 0. The normalized spacial score (nSPS) is 10.9. The van der Waals surface area contributed by atoms with Gasteiger partial charge in [0.25, 0.3) is 0 Å². The summed E-state index contributed by atoms with van der Waals surface area (Å²) in [6, 6.07) is 15.0. The van der Waals surface area contributed by atoms with Crippen LogP contribution in [0.1, 0.15) is 31.9 Å². The average molecular weight is 383 g/mol. The summed E-state index contributed by atoms with van der Waals surface area (Å²) in [5, 5.41) is 7.92. The van der Waals surface area contributed by atoms with Crippen LogP contribution in [-0.2, 0) is 10.2 Å². The van der Waals surface area contributed by atoms with E-state index in [0.717, 1.165) is 11.3 Å². The summed E-state index contributed by atoms with van der Waals surface area (Å²) in [5.41, 5.74) is 3.07. The highest BCUT2D eigenvalue weighted by Gasteiger charge is 2.13. The van der Waals surface area contributed by atoms with E-state index < -0.39 is 6.03 Å². The lowest BCUT2D eigenvalue weighted by Gasteiger charge is -2.19. The molecular formula is C22H29N3O3. The van der Waals surface area contributed by atoms with Crippen LogP contribution in [0.15, 0.2) is 48.5 Å². The first-order chi connectivity index (χ1) is 13.2. The monoisotopic (exact) mass is 383 g/mol. The number of hydrogen-bond donors (Lipinski definition) is 3. The summed E-state index contributed by atoms with van der Waals surface area (Å²) in [4.78, 5) is 23.6. The number of anilines is 1. The fourth-order valence-corrected chi connectivity index (χ4v) is 2.53. The number of nitrogens with one attached hydrogen (secondary N) is 3. The molecule has 0 radical (unpaired) electrons. The van der Waals surface area contributed by atoms with Crippen LogP contribution in [0.5, 0.6) is 5.75 Å². The quantitative estimate of drug-likeness (QED) is 0.639. The molecule has 2 rings (SSSR count). The number of ether oxygens (including phenoxy) is 1. The first kappa shape index (κ1) is 21.3. The minimum Gasteiger partial charge on any atom is -0.492 e. The number of amides is 3. The first-order valence-electron chi connectivity index (χ1n) is 9.35. The van der Waals surface area contributed by atoms with Crippen molar-refractivity contribution in [3.05, 3.63) is 59.7 Å². The van der Waals surface area contributed by atoms with Crippen molar-refractivity contribution in [2.45, 2.75) is 33.1 Å². The minimum absolute atomic E-state index is 0.0993. The van der Waals surface area contributed by atoms with Crippen LogP contribution in [0.2, 0.25) is 0 Å². The zero-order valence-corrected chi connectivity index (χ0v) is 17.0. The third kappa shape index (κ3) is 7.31. The molecule has 2 aromatic carbocycles. The second-order valence-corrected chi connectivity index (χ2v) is 7.65. The Kier molecular flexibility index (Phi) is 7.44. The Balaban J connectivity index is 1.62. The van der Waals surface area contributed by atoms with E-state index in [1.807, 2.05) is 49.4 Å². The minimum atomic E-state index is -0.420. The van der Waals surface area contributed by atoms with E-state index in [0.29, 0.717) is 18.8 Å². The Bertz CT molecular complexity index is 795. The molecule has 0 fully saturated rings. The summed E-state index contributed by atoms with van der Waals surface area (Å²) in [6.45, 7) is 9.04. The summed E-state index contributed by atoms with van der Waals surface area (Å²) in [6.07, 6.45) is 0. The Morgan fingerprint density at radius 2 is 1.71 bits per heavy atom. The van der Waals surface area contributed by atoms with Crippen molar-refractivity contribution >= 4 is 17.6 Å². The van der Waals surface area contributed by atoms with Gasteiger partial charge in [-0.15, -0.1) is 0 Å². The summed E-state index contributed by atoms with van der Waals surface area (Å²) in [5.74, 6) is 0.490. The maximum atomic E-state index is 11.8. The highest BCUT2D eigenvalue weighted by atomic mass is 16.5. The Morgan fingerprint density at radius 3 is 2.36 bits per heavy atom. The van der Waals surface area contributed by atoms with Crippen LogP contribution in [-0.4, -0.2) is 31.6 Å². The maximum Gasteiger partial charge on any atom is 0.319 e. The third-order valence-corrected chi connectivity index (χ3v) is 4.10. The van der Waals surface area contributed by atoms with Crippen LogP contribution < -0.4 is 20.7 Å². The predicted octanol–water partition coefficient (Wildman–Crippen LogP) is 3.61. The molecule has 0 aliphatic heterocycles. The Labute approximate surface area is 166 Å². The van der Waals surface area contributed by atoms with Crippen molar-refractivity contribution in [2.75, 3.05) is 25.0 Å². The summed E-state index contributed by atoms with van der Waals surface area (Å²) < 4.78 is 5.63. The molecule has 0 bridgehead atoms. The maximum absolute atomic E-state index is 11.8. The van der Waals surface area contributed by atoms with Crippen molar-refractivity contribution in [3.63, 3.8) is 0 Å². The van der Waals surface area contributed by atoms with Gasteiger partial charge < -0.3 is 20.7 Å². The lowest BCUT2D eigenvalue weighted by molar-refractivity contribution is -0.120. The lowest BCUT2D eigenvalue weighted by Crippen LogP contribution is -2.40. The lowest BCUT2D eigenvalue weighted by atomic mass is 9.87. The second-order valence-electron chi connectivity index (χ2n) is 7.65. The van der Waals surface area contributed by atoms with E-state index in [1.165, 1.54) is 5.56 Å². The van der Waals surface area contributed by atoms with Crippen molar-refractivity contribution < 1.29 is 14.3 Å². The van der Waals surface area contributed by atoms with Gasteiger partial charge in [0.2, 0.25) is 5.91 Å². The molecule has 3 N–H and O–H groups in total. The zero-order chi connectivity index (χ0) is 20.6. The van der Waals surface area contributed by atoms with Crippen molar-refractivity contribution in [3.8, 4) is 5.75 Å². The van der Waals surface area contributed by atoms with E-state index >= 15 is 0 Å². The van der Waals surface area contributed by atoms with E-state index in [-0.39, 0.29) is 17.9 Å². The molecule has 28 heavy (non-hydrogen) atoms. The number of urea groups is 1. The Morgan fingerprint density at radius 1 is 1.00 bits per heavy atom. The number of benzene rings is 2. The van der Waals surface area contributed by atoms with Gasteiger partial charge in [0.1, 0.15) is 12.4 Å². The average Bonchev–Trinajstić information content (AvgIpc) is 2.63. The van der Waals surface area contributed by atoms with Crippen LogP contribution >= 0.6 is 0 Å². The van der Waals surface area contributed by atoms with Crippen LogP contribution in [0.4, 0.5) is 10.5 Å². The largest absolute Gasteiger partial charge is 0.492 e. The van der Waals surface area contributed by atoms with Gasteiger partial charge in [0.05, 0.1) is 13.1 Å². The zero-order valence-electron chi connectivity index (χ0n) is 17.0. The molecule has 6 nitrogen and oxygen atoms in total. The molecule has 0 aliphatic carbocycles. The van der Waals surface area contributed by atoms with Crippen LogP contribution in [0.3, 0.4) is 0 Å². The number of hydrogen-bond acceptors (Lipinski definition) is 3. The summed E-state index contributed by atoms with van der Waals surface area (Å²) >= 11 is 0. The van der Waals surface area contributed by atoms with E-state index in [4.69, 9.17) is 4.74 Å². The van der Waals surface area contributed by atoms with Gasteiger partial charge >= 0.3 is 6.03 Å². The molecule has 0 heterocycles. The predicted molar refractivity (Wildman–Crippen MR) is 112 cm³/mol. The van der Waals surface area contributed by atoms with Crippen LogP contribution in [0, 0.1) is 6.92 Å². The number of carbonyl (C=O) groups is 2. The molecule has 3 amide bonds. The molecule has 6 heteroatoms. The number of aryl methyl sites for hydroxylation is 1. The van der Waals surface area contributed by atoms with Gasteiger partial charge in [-0.3, -0.25) is 4.79 Å². The van der Waals surface area contributed by atoms with Gasteiger partial charge in [-0.2, -0.15) is 0 Å². The number of carbonyl (C=O) groups excluding carboxylic acids is 2. The molecular weight excluding hydrogens is 354 g/mol. The van der Waals surface area contributed by atoms with E-state index in [2.05, 4.69) is 36.7 Å². The smallest absolute Gasteiger partial charge is 0.319 e. The van der Waals surface area contributed by atoms with Gasteiger partial charge in [0.15, 0.2) is 0 Å². The fraction of sp³-hybridized carbons (Fsp3) is 0.364. The fourth-order valence-electron chi connectivity index (χ4n) is 2.53. The van der Waals surface area contributed by atoms with Gasteiger partial charge in [0, 0.05) is 5.69 Å². The van der Waals surface area contributed by atoms with Crippen molar-refractivity contribution in [1.29, 1.82) is 0 Å². The Hall–Kier alpha value is -3.02. The van der Waals surface area contributed by atoms with E-state index in [1.54, 1.807) is 6.07 Å². The molecule has 0 saturated carbocycles. The molecule has 0 spiro atoms. The van der Waals surface area contributed by atoms with Gasteiger partial charge in [-0.05, 0) is 47.7 Å².